The summed E-state index contributed by atoms with van der Waals surface area (Å²) in [7, 11) is 5.46. The molecule has 0 fully saturated rings. The van der Waals surface area contributed by atoms with E-state index in [1.807, 2.05) is 7.05 Å². The van der Waals surface area contributed by atoms with Gasteiger partial charge in [0.15, 0.2) is 0 Å². The van der Waals surface area contributed by atoms with Gasteiger partial charge in [0, 0.05) is 13.7 Å². The van der Waals surface area contributed by atoms with Crippen LogP contribution >= 0.6 is 0 Å². The summed E-state index contributed by atoms with van der Waals surface area (Å²) in [6, 6.07) is 4.27. The normalized spacial score (nSPS) is 10.9. The summed E-state index contributed by atoms with van der Waals surface area (Å²) < 4.78 is 10.4. The number of hydrogen-bond acceptors (Lipinski definition) is 3. The van der Waals surface area contributed by atoms with Gasteiger partial charge < -0.3 is 9.47 Å². The molecule has 0 aliphatic carbocycles. The zero-order valence-electron chi connectivity index (χ0n) is 10.8. The Kier molecular flexibility index (Phi) is 4.77. The second kappa shape index (κ2) is 5.87. The Morgan fingerprint density at radius 1 is 1.12 bits per heavy atom. The van der Waals surface area contributed by atoms with Crippen LogP contribution in [0.5, 0.6) is 5.75 Å². The van der Waals surface area contributed by atoms with Gasteiger partial charge in [-0.2, -0.15) is 0 Å². The Balaban J connectivity index is 2.85. The lowest BCUT2D eigenvalue weighted by molar-refractivity contribution is 0.0770. The van der Waals surface area contributed by atoms with Crippen LogP contribution in [-0.2, 0) is 11.3 Å². The Morgan fingerprint density at radius 3 is 2.38 bits per heavy atom. The zero-order valence-corrected chi connectivity index (χ0v) is 10.8. The fraction of sp³-hybridized carbons (Fsp3) is 0.538. The van der Waals surface area contributed by atoms with Crippen LogP contribution in [-0.4, -0.2) is 32.9 Å². The van der Waals surface area contributed by atoms with Crippen molar-refractivity contribution in [2.24, 2.45) is 0 Å². The Labute approximate surface area is 98.0 Å². The lowest BCUT2D eigenvalue weighted by Crippen LogP contribution is -2.20. The molecule has 1 aromatic rings. The van der Waals surface area contributed by atoms with Crippen molar-refractivity contribution in [1.82, 2.24) is 4.90 Å². The van der Waals surface area contributed by atoms with E-state index in [0.717, 1.165) is 12.3 Å². The van der Waals surface area contributed by atoms with Crippen molar-refractivity contribution in [3.05, 3.63) is 28.8 Å². The molecule has 0 saturated heterocycles. The minimum atomic E-state index is 0.643. The molecule has 0 bridgehead atoms. The summed E-state index contributed by atoms with van der Waals surface area (Å²) in [6.45, 7) is 5.71. The minimum absolute atomic E-state index is 0.643. The average molecular weight is 223 g/mol. The Hall–Kier alpha value is -1.06. The summed E-state index contributed by atoms with van der Waals surface area (Å²) >= 11 is 0. The zero-order chi connectivity index (χ0) is 12.1. The molecule has 3 nitrogen and oxygen atoms in total. The molecule has 0 aliphatic heterocycles. The third kappa shape index (κ3) is 3.22. The molecule has 0 aromatic heterocycles. The van der Waals surface area contributed by atoms with E-state index in [1.165, 1.54) is 16.7 Å². The van der Waals surface area contributed by atoms with Gasteiger partial charge in [-0.3, -0.25) is 4.90 Å². The van der Waals surface area contributed by atoms with E-state index in [9.17, 15) is 0 Å². The van der Waals surface area contributed by atoms with Crippen molar-refractivity contribution in [3.8, 4) is 5.75 Å². The molecule has 1 rings (SSSR count). The third-order valence-corrected chi connectivity index (χ3v) is 2.64. The summed E-state index contributed by atoms with van der Waals surface area (Å²) in [5.41, 5.74) is 3.75. The van der Waals surface area contributed by atoms with E-state index >= 15 is 0 Å². The highest BCUT2D eigenvalue weighted by Gasteiger charge is 2.07. The van der Waals surface area contributed by atoms with Crippen LogP contribution in [0.25, 0.3) is 0 Å². The quantitative estimate of drug-likeness (QED) is 0.715. The van der Waals surface area contributed by atoms with E-state index in [2.05, 4.69) is 30.9 Å². The van der Waals surface area contributed by atoms with Crippen molar-refractivity contribution in [2.75, 3.05) is 28.0 Å². The fourth-order valence-electron chi connectivity index (χ4n) is 1.80. The van der Waals surface area contributed by atoms with Crippen LogP contribution in [0.2, 0.25) is 0 Å². The first-order valence-corrected chi connectivity index (χ1v) is 5.40. The molecular formula is C13H21NO2. The summed E-state index contributed by atoms with van der Waals surface area (Å²) in [4.78, 5) is 2.13. The molecule has 0 atom stereocenters. The molecule has 0 amide bonds. The van der Waals surface area contributed by atoms with Crippen molar-refractivity contribution in [2.45, 2.75) is 20.4 Å². The highest BCUT2D eigenvalue weighted by Crippen LogP contribution is 2.23. The van der Waals surface area contributed by atoms with Crippen molar-refractivity contribution >= 4 is 0 Å². The van der Waals surface area contributed by atoms with Crippen molar-refractivity contribution < 1.29 is 9.47 Å². The third-order valence-electron chi connectivity index (χ3n) is 2.64. The lowest BCUT2D eigenvalue weighted by Gasteiger charge is -2.18. The molecule has 3 heteroatoms. The SMILES string of the molecule is COCN(C)Cc1cc(C)c(OC)cc1C. The standard InChI is InChI=1S/C13H21NO2/c1-10-7-13(16-5)11(2)6-12(10)8-14(3)9-15-4/h6-7H,8-9H2,1-5H3. The van der Waals surface area contributed by atoms with Gasteiger partial charge in [0.05, 0.1) is 13.8 Å². The minimum Gasteiger partial charge on any atom is -0.496 e. The van der Waals surface area contributed by atoms with Crippen LogP contribution in [0.3, 0.4) is 0 Å². The molecule has 0 radical (unpaired) electrons. The van der Waals surface area contributed by atoms with Gasteiger partial charge in [0.25, 0.3) is 0 Å². The molecule has 16 heavy (non-hydrogen) atoms. The van der Waals surface area contributed by atoms with Gasteiger partial charge >= 0.3 is 0 Å². The second-order valence-electron chi connectivity index (χ2n) is 4.18. The van der Waals surface area contributed by atoms with Crippen molar-refractivity contribution in [3.63, 3.8) is 0 Å². The maximum atomic E-state index is 5.29. The van der Waals surface area contributed by atoms with E-state index in [-0.39, 0.29) is 0 Å². The Morgan fingerprint density at radius 2 is 1.81 bits per heavy atom. The molecule has 0 N–H and O–H groups in total. The predicted octanol–water partition coefficient (Wildman–Crippen LogP) is 2.35. The fourth-order valence-corrected chi connectivity index (χ4v) is 1.80. The summed E-state index contributed by atoms with van der Waals surface area (Å²) in [6.07, 6.45) is 0. The number of rotatable bonds is 5. The first-order valence-electron chi connectivity index (χ1n) is 5.40. The van der Waals surface area contributed by atoms with Gasteiger partial charge in [-0.25, -0.2) is 0 Å². The van der Waals surface area contributed by atoms with E-state index in [1.54, 1.807) is 14.2 Å². The number of benzene rings is 1. The maximum Gasteiger partial charge on any atom is 0.122 e. The number of ether oxygens (including phenoxy) is 2. The van der Waals surface area contributed by atoms with Gasteiger partial charge in [-0.05, 0) is 43.7 Å². The Bertz CT molecular complexity index is 350. The second-order valence-corrected chi connectivity index (χ2v) is 4.18. The number of methoxy groups -OCH3 is 2. The smallest absolute Gasteiger partial charge is 0.122 e. The van der Waals surface area contributed by atoms with Crippen LogP contribution in [0.15, 0.2) is 12.1 Å². The summed E-state index contributed by atoms with van der Waals surface area (Å²) in [5.74, 6) is 0.954. The van der Waals surface area contributed by atoms with Gasteiger partial charge in [-0.1, -0.05) is 6.07 Å². The molecule has 0 unspecified atom stereocenters. The molecule has 1 aromatic carbocycles. The van der Waals surface area contributed by atoms with Crippen LogP contribution < -0.4 is 4.74 Å². The van der Waals surface area contributed by atoms with Crippen LogP contribution in [0.4, 0.5) is 0 Å². The molecule has 0 aliphatic rings. The summed E-state index contributed by atoms with van der Waals surface area (Å²) in [5, 5.41) is 0. The van der Waals surface area contributed by atoms with E-state index in [0.29, 0.717) is 6.73 Å². The van der Waals surface area contributed by atoms with Crippen LogP contribution in [0, 0.1) is 13.8 Å². The molecule has 0 saturated carbocycles. The predicted molar refractivity (Wildman–Crippen MR) is 65.8 cm³/mol. The van der Waals surface area contributed by atoms with Crippen LogP contribution in [0.1, 0.15) is 16.7 Å². The number of nitrogens with zero attached hydrogens (tertiary/aromatic N) is 1. The van der Waals surface area contributed by atoms with Gasteiger partial charge in [0.2, 0.25) is 0 Å². The van der Waals surface area contributed by atoms with Crippen molar-refractivity contribution in [1.29, 1.82) is 0 Å². The highest BCUT2D eigenvalue weighted by molar-refractivity contribution is 5.41. The van der Waals surface area contributed by atoms with Gasteiger partial charge in [-0.15, -0.1) is 0 Å². The van der Waals surface area contributed by atoms with Gasteiger partial charge in [0.1, 0.15) is 5.75 Å². The molecule has 0 heterocycles. The highest BCUT2D eigenvalue weighted by atomic mass is 16.5. The topological polar surface area (TPSA) is 21.7 Å². The largest absolute Gasteiger partial charge is 0.496 e. The average Bonchev–Trinajstić information content (AvgIpc) is 2.23. The maximum absolute atomic E-state index is 5.29. The van der Waals surface area contributed by atoms with E-state index < -0.39 is 0 Å². The number of hydrogen-bond donors (Lipinski definition) is 0. The molecule has 90 valence electrons. The molecular weight excluding hydrogens is 202 g/mol. The lowest BCUT2D eigenvalue weighted by atomic mass is 10.0. The monoisotopic (exact) mass is 223 g/mol. The first-order chi connectivity index (χ1) is 7.58. The molecule has 0 spiro atoms. The first kappa shape index (κ1) is 13.0. The number of aryl methyl sites for hydroxylation is 2. The van der Waals surface area contributed by atoms with E-state index in [4.69, 9.17) is 9.47 Å².